The number of aryl methyl sites for hydroxylation is 2. The number of hydrogen-bond donors (Lipinski definition) is 2. The van der Waals surface area contributed by atoms with E-state index in [1.807, 2.05) is 26.0 Å². The highest BCUT2D eigenvalue weighted by Crippen LogP contribution is 2.14. The second-order valence-corrected chi connectivity index (χ2v) is 5.37. The monoisotopic (exact) mass is 246 g/mol. The summed E-state index contributed by atoms with van der Waals surface area (Å²) in [5.74, 6) is 0.555. The van der Waals surface area contributed by atoms with Gasteiger partial charge in [-0.1, -0.05) is 24.6 Å². The second kappa shape index (κ2) is 5.53. The molecule has 0 spiro atoms. The smallest absolute Gasteiger partial charge is 0.251 e. The molecule has 0 bridgehead atoms. The maximum Gasteiger partial charge on any atom is 0.251 e. The molecule has 1 saturated heterocycles. The first-order valence-corrected chi connectivity index (χ1v) is 6.67. The van der Waals surface area contributed by atoms with Gasteiger partial charge in [0.05, 0.1) is 0 Å². The van der Waals surface area contributed by atoms with Crippen LogP contribution in [0, 0.1) is 19.8 Å². The Balaban J connectivity index is 2.07. The van der Waals surface area contributed by atoms with E-state index < -0.39 is 0 Å². The Morgan fingerprint density at radius 3 is 2.83 bits per heavy atom. The minimum absolute atomic E-state index is 0.0613. The van der Waals surface area contributed by atoms with Crippen LogP contribution in [0.5, 0.6) is 0 Å². The Morgan fingerprint density at radius 2 is 2.17 bits per heavy atom. The van der Waals surface area contributed by atoms with Crippen molar-refractivity contribution in [3.05, 3.63) is 34.9 Å². The van der Waals surface area contributed by atoms with Crippen LogP contribution in [0.4, 0.5) is 0 Å². The number of hydrogen-bond acceptors (Lipinski definition) is 2. The zero-order chi connectivity index (χ0) is 13.1. The van der Waals surface area contributed by atoms with E-state index in [0.29, 0.717) is 12.0 Å². The fraction of sp³-hybridized carbons (Fsp3) is 0.533. The highest BCUT2D eigenvalue weighted by atomic mass is 16.1. The summed E-state index contributed by atoms with van der Waals surface area (Å²) in [4.78, 5) is 12.3. The van der Waals surface area contributed by atoms with E-state index in [1.54, 1.807) is 0 Å². The highest BCUT2D eigenvalue weighted by molar-refractivity contribution is 5.95. The van der Waals surface area contributed by atoms with Crippen LogP contribution < -0.4 is 10.6 Å². The lowest BCUT2D eigenvalue weighted by Gasteiger charge is -2.30. The number of benzene rings is 1. The number of amides is 1. The quantitative estimate of drug-likeness (QED) is 0.838. The molecule has 1 fully saturated rings. The predicted molar refractivity (Wildman–Crippen MR) is 73.8 cm³/mol. The summed E-state index contributed by atoms with van der Waals surface area (Å²) in [6.45, 7) is 8.19. The van der Waals surface area contributed by atoms with Crippen LogP contribution in [0.15, 0.2) is 18.2 Å². The van der Waals surface area contributed by atoms with Crippen molar-refractivity contribution in [2.45, 2.75) is 33.2 Å². The Kier molecular flexibility index (Phi) is 4.02. The summed E-state index contributed by atoms with van der Waals surface area (Å²) in [6, 6.07) is 6.26. The lowest BCUT2D eigenvalue weighted by atomic mass is 9.94. The number of carbonyl (C=O) groups is 1. The molecule has 1 aliphatic rings. The topological polar surface area (TPSA) is 41.1 Å². The van der Waals surface area contributed by atoms with Gasteiger partial charge >= 0.3 is 0 Å². The van der Waals surface area contributed by atoms with Gasteiger partial charge in [0.25, 0.3) is 5.91 Å². The molecule has 0 aliphatic carbocycles. The standard InChI is InChI=1S/C15H22N2O/c1-10-4-5-13(11(2)8-10)15(18)17-14-6-7-16-9-12(14)3/h4-5,8,12,14,16H,6-7,9H2,1-3H3,(H,17,18). The van der Waals surface area contributed by atoms with Gasteiger partial charge in [0, 0.05) is 11.6 Å². The molecule has 1 heterocycles. The minimum Gasteiger partial charge on any atom is -0.349 e. The lowest BCUT2D eigenvalue weighted by Crippen LogP contribution is -2.48. The molecule has 0 radical (unpaired) electrons. The molecule has 1 aromatic carbocycles. The van der Waals surface area contributed by atoms with Crippen molar-refractivity contribution in [3.63, 3.8) is 0 Å². The fourth-order valence-corrected chi connectivity index (χ4v) is 2.54. The molecule has 0 aromatic heterocycles. The molecular formula is C15H22N2O. The molecule has 3 heteroatoms. The summed E-state index contributed by atoms with van der Waals surface area (Å²) in [7, 11) is 0. The third-order valence-electron chi connectivity index (χ3n) is 3.73. The average Bonchev–Trinajstić information content (AvgIpc) is 2.32. The molecule has 98 valence electrons. The number of rotatable bonds is 2. The number of carbonyl (C=O) groups excluding carboxylic acids is 1. The zero-order valence-electron chi connectivity index (χ0n) is 11.4. The van der Waals surface area contributed by atoms with Gasteiger partial charge in [-0.3, -0.25) is 4.79 Å². The largest absolute Gasteiger partial charge is 0.349 e. The first-order valence-electron chi connectivity index (χ1n) is 6.67. The molecular weight excluding hydrogens is 224 g/mol. The van der Waals surface area contributed by atoms with E-state index in [4.69, 9.17) is 0 Å². The van der Waals surface area contributed by atoms with Crippen LogP contribution in [-0.4, -0.2) is 25.0 Å². The molecule has 2 rings (SSSR count). The van der Waals surface area contributed by atoms with Crippen molar-refractivity contribution < 1.29 is 4.79 Å². The van der Waals surface area contributed by atoms with Gasteiger partial charge < -0.3 is 10.6 Å². The van der Waals surface area contributed by atoms with Crippen molar-refractivity contribution in [2.24, 2.45) is 5.92 Å². The first-order chi connectivity index (χ1) is 8.58. The first kappa shape index (κ1) is 13.1. The zero-order valence-corrected chi connectivity index (χ0v) is 11.4. The van der Waals surface area contributed by atoms with Crippen LogP contribution in [0.2, 0.25) is 0 Å². The van der Waals surface area contributed by atoms with Crippen molar-refractivity contribution in [3.8, 4) is 0 Å². The average molecular weight is 246 g/mol. The summed E-state index contributed by atoms with van der Waals surface area (Å²) in [6.07, 6.45) is 1.01. The number of nitrogens with one attached hydrogen (secondary N) is 2. The van der Waals surface area contributed by atoms with Gasteiger partial charge in [0.2, 0.25) is 0 Å². The summed E-state index contributed by atoms with van der Waals surface area (Å²) >= 11 is 0. The molecule has 1 amide bonds. The van der Waals surface area contributed by atoms with E-state index in [0.717, 1.165) is 30.6 Å². The molecule has 2 N–H and O–H groups in total. The molecule has 2 atom stereocenters. The van der Waals surface area contributed by atoms with E-state index in [-0.39, 0.29) is 5.91 Å². The van der Waals surface area contributed by atoms with Crippen LogP contribution in [-0.2, 0) is 0 Å². The Labute approximate surface area is 109 Å². The van der Waals surface area contributed by atoms with E-state index >= 15 is 0 Å². The van der Waals surface area contributed by atoms with Crippen molar-refractivity contribution in [1.82, 2.24) is 10.6 Å². The normalized spacial score (nSPS) is 23.7. The third kappa shape index (κ3) is 2.91. The van der Waals surface area contributed by atoms with Gasteiger partial charge in [-0.15, -0.1) is 0 Å². The van der Waals surface area contributed by atoms with E-state index in [2.05, 4.69) is 23.6 Å². The Bertz CT molecular complexity index is 442. The van der Waals surface area contributed by atoms with Crippen LogP contribution in [0.1, 0.15) is 34.8 Å². The highest BCUT2D eigenvalue weighted by Gasteiger charge is 2.23. The minimum atomic E-state index is 0.0613. The summed E-state index contributed by atoms with van der Waals surface area (Å²) in [5, 5.41) is 6.51. The van der Waals surface area contributed by atoms with Gasteiger partial charge in [-0.25, -0.2) is 0 Å². The molecule has 18 heavy (non-hydrogen) atoms. The van der Waals surface area contributed by atoms with Crippen molar-refractivity contribution in [1.29, 1.82) is 0 Å². The molecule has 0 saturated carbocycles. The van der Waals surface area contributed by atoms with Crippen LogP contribution in [0.25, 0.3) is 0 Å². The molecule has 1 aromatic rings. The SMILES string of the molecule is Cc1ccc(C(=O)NC2CCNCC2C)c(C)c1. The Hall–Kier alpha value is -1.35. The summed E-state index contributed by atoms with van der Waals surface area (Å²) < 4.78 is 0. The van der Waals surface area contributed by atoms with Crippen LogP contribution >= 0.6 is 0 Å². The maximum atomic E-state index is 12.3. The van der Waals surface area contributed by atoms with Gasteiger partial charge in [0.1, 0.15) is 0 Å². The Morgan fingerprint density at radius 1 is 1.39 bits per heavy atom. The van der Waals surface area contributed by atoms with Crippen molar-refractivity contribution >= 4 is 5.91 Å². The third-order valence-corrected chi connectivity index (χ3v) is 3.73. The molecule has 2 unspecified atom stereocenters. The lowest BCUT2D eigenvalue weighted by molar-refractivity contribution is 0.0913. The van der Waals surface area contributed by atoms with Crippen LogP contribution in [0.3, 0.4) is 0 Å². The predicted octanol–water partition coefficient (Wildman–Crippen LogP) is 2.03. The van der Waals surface area contributed by atoms with Gasteiger partial charge in [-0.2, -0.15) is 0 Å². The van der Waals surface area contributed by atoms with Gasteiger partial charge in [-0.05, 0) is 50.9 Å². The maximum absolute atomic E-state index is 12.3. The second-order valence-electron chi connectivity index (χ2n) is 5.37. The number of piperidine rings is 1. The van der Waals surface area contributed by atoms with E-state index in [1.165, 1.54) is 5.56 Å². The molecule has 1 aliphatic heterocycles. The summed E-state index contributed by atoms with van der Waals surface area (Å²) in [5.41, 5.74) is 3.04. The fourth-order valence-electron chi connectivity index (χ4n) is 2.54. The van der Waals surface area contributed by atoms with E-state index in [9.17, 15) is 4.79 Å². The van der Waals surface area contributed by atoms with Crippen molar-refractivity contribution in [2.75, 3.05) is 13.1 Å². The molecule has 3 nitrogen and oxygen atoms in total. The van der Waals surface area contributed by atoms with Gasteiger partial charge in [0.15, 0.2) is 0 Å².